The molecule has 0 unspecified atom stereocenters. The van der Waals surface area contributed by atoms with Gasteiger partial charge in [0, 0.05) is 32.1 Å². The molecule has 0 saturated carbocycles. The highest BCUT2D eigenvalue weighted by atomic mass is 19.1. The number of amides is 1. The van der Waals surface area contributed by atoms with Crippen LogP contribution in [0.5, 0.6) is 0 Å². The number of carbonyl (C=O) groups excluding carboxylic acids is 1. The first-order valence-electron chi connectivity index (χ1n) is 11.2. The van der Waals surface area contributed by atoms with Gasteiger partial charge in [-0.15, -0.1) is 0 Å². The lowest BCUT2D eigenvalue weighted by Crippen LogP contribution is -2.48. The van der Waals surface area contributed by atoms with E-state index in [2.05, 4.69) is 29.0 Å². The summed E-state index contributed by atoms with van der Waals surface area (Å²) in [5.41, 5.74) is 0.555. The number of hydrogen-bond acceptors (Lipinski definition) is 3. The number of nitrogens with one attached hydrogen (secondary N) is 1. The second kappa shape index (κ2) is 10.8. The van der Waals surface area contributed by atoms with E-state index in [4.69, 9.17) is 0 Å². The number of rotatable bonds is 3. The Hall–Kier alpha value is -0.680. The number of hydrogen-bond donors (Lipinski definition) is 1. The summed E-state index contributed by atoms with van der Waals surface area (Å²) in [7, 11) is 0. The van der Waals surface area contributed by atoms with Crippen LogP contribution in [0.3, 0.4) is 0 Å². The maximum Gasteiger partial charge on any atom is 0.225 e. The average molecular weight is 384 g/mol. The molecule has 0 radical (unpaired) electrons. The van der Waals surface area contributed by atoms with E-state index in [9.17, 15) is 9.18 Å². The van der Waals surface area contributed by atoms with Crippen LogP contribution in [0.1, 0.15) is 66.2 Å². The average Bonchev–Trinajstić information content (AvgIpc) is 2.62. The van der Waals surface area contributed by atoms with E-state index in [0.29, 0.717) is 23.8 Å². The predicted molar refractivity (Wildman–Crippen MR) is 111 cm³/mol. The van der Waals surface area contributed by atoms with Crippen LogP contribution in [-0.4, -0.2) is 67.7 Å². The van der Waals surface area contributed by atoms with Crippen LogP contribution >= 0.6 is 0 Å². The van der Waals surface area contributed by atoms with Gasteiger partial charge in [-0.3, -0.25) is 4.79 Å². The van der Waals surface area contributed by atoms with E-state index in [1.54, 1.807) is 0 Å². The van der Waals surface area contributed by atoms with Gasteiger partial charge in [0.15, 0.2) is 0 Å². The van der Waals surface area contributed by atoms with Gasteiger partial charge in [0.05, 0.1) is 0 Å². The second-order valence-corrected chi connectivity index (χ2v) is 9.62. The van der Waals surface area contributed by atoms with Gasteiger partial charge in [-0.1, -0.05) is 27.7 Å². The Morgan fingerprint density at radius 2 is 1.70 bits per heavy atom. The van der Waals surface area contributed by atoms with E-state index < -0.39 is 6.17 Å². The minimum Gasteiger partial charge on any atom is -0.342 e. The van der Waals surface area contributed by atoms with Crippen LogP contribution in [0, 0.1) is 17.3 Å². The molecule has 27 heavy (non-hydrogen) atoms. The first-order valence-corrected chi connectivity index (χ1v) is 11.2. The third kappa shape index (κ3) is 7.34. The van der Waals surface area contributed by atoms with Gasteiger partial charge in [0.2, 0.25) is 5.91 Å². The molecule has 0 aromatic carbocycles. The van der Waals surface area contributed by atoms with E-state index >= 15 is 0 Å². The molecule has 3 aliphatic heterocycles. The van der Waals surface area contributed by atoms with Crippen molar-refractivity contribution in [1.29, 1.82) is 0 Å². The van der Waals surface area contributed by atoms with Gasteiger partial charge >= 0.3 is 0 Å². The Labute approximate surface area is 166 Å². The molecule has 0 aromatic heterocycles. The van der Waals surface area contributed by atoms with Gasteiger partial charge in [-0.05, 0) is 69.5 Å². The topological polar surface area (TPSA) is 35.6 Å². The fourth-order valence-corrected chi connectivity index (χ4v) is 4.71. The van der Waals surface area contributed by atoms with Crippen molar-refractivity contribution in [2.45, 2.75) is 72.4 Å². The van der Waals surface area contributed by atoms with E-state index in [1.165, 1.54) is 25.7 Å². The molecule has 3 saturated heterocycles. The van der Waals surface area contributed by atoms with E-state index in [-0.39, 0.29) is 5.92 Å². The van der Waals surface area contributed by atoms with Crippen molar-refractivity contribution >= 4 is 5.91 Å². The number of carbonyl (C=O) groups is 1. The molecule has 0 aromatic rings. The first-order chi connectivity index (χ1) is 12.8. The van der Waals surface area contributed by atoms with Gasteiger partial charge in [-0.2, -0.15) is 0 Å². The summed E-state index contributed by atoms with van der Waals surface area (Å²) in [5.74, 6) is 1.16. The molecular weight excluding hydrogens is 341 g/mol. The van der Waals surface area contributed by atoms with Gasteiger partial charge in [0.25, 0.3) is 0 Å². The third-order valence-electron chi connectivity index (χ3n) is 6.37. The highest BCUT2D eigenvalue weighted by Crippen LogP contribution is 2.39. The lowest BCUT2D eigenvalue weighted by atomic mass is 9.71. The summed E-state index contributed by atoms with van der Waals surface area (Å²) in [5, 5.41) is 3.43. The summed E-state index contributed by atoms with van der Waals surface area (Å²) in [6.07, 6.45) is 6.28. The third-order valence-corrected chi connectivity index (χ3v) is 6.37. The van der Waals surface area contributed by atoms with Crippen molar-refractivity contribution in [3.8, 4) is 0 Å². The van der Waals surface area contributed by atoms with Crippen LogP contribution in [0.2, 0.25) is 0 Å². The van der Waals surface area contributed by atoms with Crippen LogP contribution in [-0.2, 0) is 4.79 Å². The van der Waals surface area contributed by atoms with Gasteiger partial charge in [-0.25, -0.2) is 4.39 Å². The summed E-state index contributed by atoms with van der Waals surface area (Å²) < 4.78 is 12.8. The summed E-state index contributed by atoms with van der Waals surface area (Å²) in [6.45, 7) is 15.5. The van der Waals surface area contributed by atoms with Crippen molar-refractivity contribution in [1.82, 2.24) is 15.1 Å². The molecule has 3 rings (SSSR count). The molecule has 3 fully saturated rings. The van der Waals surface area contributed by atoms with Crippen LogP contribution in [0.25, 0.3) is 0 Å². The SMILES string of the molecule is CC(C)C(=O)N1CCC2(CCNCC2)CC1.CC(C)CN1CCC[C@H](F)C1. The molecule has 5 heteroatoms. The zero-order chi connectivity index (χ0) is 19.9. The number of piperidine rings is 3. The summed E-state index contributed by atoms with van der Waals surface area (Å²) >= 11 is 0. The summed E-state index contributed by atoms with van der Waals surface area (Å²) in [4.78, 5) is 16.2. The monoisotopic (exact) mass is 383 g/mol. The molecule has 1 N–H and O–H groups in total. The fraction of sp³-hybridized carbons (Fsp3) is 0.955. The van der Waals surface area contributed by atoms with Gasteiger partial charge in [0.1, 0.15) is 6.17 Å². The normalized spacial score (nSPS) is 26.2. The lowest BCUT2D eigenvalue weighted by Gasteiger charge is -2.44. The van der Waals surface area contributed by atoms with Crippen molar-refractivity contribution in [3.05, 3.63) is 0 Å². The van der Waals surface area contributed by atoms with Crippen molar-refractivity contribution in [3.63, 3.8) is 0 Å². The lowest BCUT2D eigenvalue weighted by molar-refractivity contribution is -0.137. The Kier molecular flexibility index (Phi) is 9.00. The largest absolute Gasteiger partial charge is 0.342 e. The maximum absolute atomic E-state index is 12.8. The van der Waals surface area contributed by atoms with Crippen molar-refractivity contribution in [2.75, 3.05) is 45.8 Å². The molecule has 0 bridgehead atoms. The molecule has 4 nitrogen and oxygen atoms in total. The van der Waals surface area contributed by atoms with Crippen molar-refractivity contribution in [2.24, 2.45) is 17.3 Å². The van der Waals surface area contributed by atoms with E-state index in [1.807, 2.05) is 13.8 Å². The van der Waals surface area contributed by atoms with Crippen LogP contribution < -0.4 is 5.32 Å². The second-order valence-electron chi connectivity index (χ2n) is 9.62. The number of halogens is 1. The predicted octanol–water partition coefficient (Wildman–Crippen LogP) is 3.71. The Morgan fingerprint density at radius 3 is 2.22 bits per heavy atom. The van der Waals surface area contributed by atoms with Crippen LogP contribution in [0.4, 0.5) is 4.39 Å². The molecule has 3 aliphatic rings. The zero-order valence-electron chi connectivity index (χ0n) is 18.1. The molecule has 1 atom stereocenters. The molecule has 0 aliphatic carbocycles. The highest BCUT2D eigenvalue weighted by Gasteiger charge is 2.36. The standard InChI is InChI=1S/C13H24N2O.C9H18FN/c1-11(2)12(16)15-9-5-13(6-10-15)3-7-14-8-4-13;1-8(2)6-11-5-3-4-9(10)7-11/h11,14H,3-10H2,1-2H3;8-9H,3-7H2,1-2H3/t;9-/m.0/s1. The quantitative estimate of drug-likeness (QED) is 0.807. The first kappa shape index (κ1) is 22.6. The molecule has 1 amide bonds. The number of alkyl halides is 1. The fourth-order valence-electron chi connectivity index (χ4n) is 4.71. The molecular formula is C22H42FN3O. The summed E-state index contributed by atoms with van der Waals surface area (Å²) in [6, 6.07) is 0. The minimum absolute atomic E-state index is 0.155. The maximum atomic E-state index is 12.8. The Morgan fingerprint density at radius 1 is 1.07 bits per heavy atom. The minimum atomic E-state index is -0.567. The number of likely N-dealkylation sites (tertiary alicyclic amines) is 2. The molecule has 158 valence electrons. The molecule has 1 spiro atoms. The highest BCUT2D eigenvalue weighted by molar-refractivity contribution is 5.78. The Bertz CT molecular complexity index is 437. The Balaban J connectivity index is 0.000000208. The van der Waals surface area contributed by atoms with Gasteiger partial charge < -0.3 is 15.1 Å². The smallest absolute Gasteiger partial charge is 0.225 e. The zero-order valence-corrected chi connectivity index (χ0v) is 18.1. The number of nitrogens with zero attached hydrogens (tertiary/aromatic N) is 2. The van der Waals surface area contributed by atoms with Crippen LogP contribution in [0.15, 0.2) is 0 Å². The van der Waals surface area contributed by atoms with Crippen molar-refractivity contribution < 1.29 is 9.18 Å². The van der Waals surface area contributed by atoms with E-state index in [0.717, 1.165) is 52.1 Å². The molecule has 3 heterocycles.